The SMILES string of the molecule is Cn1nnc(Br)c1CCCNC1CC1. The summed E-state index contributed by atoms with van der Waals surface area (Å²) in [5.41, 5.74) is 1.18. The third-order valence-electron chi connectivity index (χ3n) is 2.50. The van der Waals surface area contributed by atoms with Crippen LogP contribution in [0.3, 0.4) is 0 Å². The highest BCUT2D eigenvalue weighted by molar-refractivity contribution is 9.10. The van der Waals surface area contributed by atoms with Gasteiger partial charge in [-0.05, 0) is 48.2 Å². The van der Waals surface area contributed by atoms with Gasteiger partial charge in [0.2, 0.25) is 0 Å². The van der Waals surface area contributed by atoms with Crippen molar-refractivity contribution in [1.82, 2.24) is 20.3 Å². The molecule has 0 aromatic carbocycles. The van der Waals surface area contributed by atoms with E-state index in [0.717, 1.165) is 30.0 Å². The quantitative estimate of drug-likeness (QED) is 0.809. The molecule has 14 heavy (non-hydrogen) atoms. The predicted molar refractivity (Wildman–Crippen MR) is 58.0 cm³/mol. The van der Waals surface area contributed by atoms with Gasteiger partial charge in [0.25, 0.3) is 0 Å². The van der Waals surface area contributed by atoms with Gasteiger partial charge in [-0.25, -0.2) is 0 Å². The van der Waals surface area contributed by atoms with Crippen LogP contribution in [0.5, 0.6) is 0 Å². The summed E-state index contributed by atoms with van der Waals surface area (Å²) in [7, 11) is 1.93. The van der Waals surface area contributed by atoms with E-state index in [0.29, 0.717) is 0 Å². The zero-order valence-electron chi connectivity index (χ0n) is 8.33. The van der Waals surface area contributed by atoms with E-state index in [4.69, 9.17) is 0 Å². The van der Waals surface area contributed by atoms with Gasteiger partial charge in [0.15, 0.2) is 4.60 Å². The molecule has 1 saturated carbocycles. The first-order valence-electron chi connectivity index (χ1n) is 5.05. The van der Waals surface area contributed by atoms with Crippen molar-refractivity contribution in [2.24, 2.45) is 7.05 Å². The normalized spacial score (nSPS) is 16.1. The largest absolute Gasteiger partial charge is 0.314 e. The lowest BCUT2D eigenvalue weighted by atomic mass is 10.2. The Hall–Kier alpha value is -0.420. The second-order valence-electron chi connectivity index (χ2n) is 3.78. The lowest BCUT2D eigenvalue weighted by Gasteiger charge is -2.03. The van der Waals surface area contributed by atoms with Crippen LogP contribution < -0.4 is 5.32 Å². The Labute approximate surface area is 92.2 Å². The second-order valence-corrected chi connectivity index (χ2v) is 4.53. The second kappa shape index (κ2) is 4.40. The maximum Gasteiger partial charge on any atom is 0.151 e. The van der Waals surface area contributed by atoms with E-state index < -0.39 is 0 Å². The highest BCUT2D eigenvalue weighted by Crippen LogP contribution is 2.18. The Morgan fingerprint density at radius 1 is 1.57 bits per heavy atom. The Morgan fingerprint density at radius 2 is 2.36 bits per heavy atom. The summed E-state index contributed by atoms with van der Waals surface area (Å²) in [6.45, 7) is 1.10. The molecule has 0 amide bonds. The lowest BCUT2D eigenvalue weighted by Crippen LogP contribution is -2.18. The van der Waals surface area contributed by atoms with Crippen molar-refractivity contribution in [2.45, 2.75) is 31.7 Å². The van der Waals surface area contributed by atoms with Gasteiger partial charge in [0.1, 0.15) is 0 Å². The first kappa shape index (κ1) is 10.1. The average molecular weight is 259 g/mol. The van der Waals surface area contributed by atoms with Gasteiger partial charge in [-0.1, -0.05) is 5.21 Å². The van der Waals surface area contributed by atoms with E-state index in [9.17, 15) is 0 Å². The molecular weight excluding hydrogens is 244 g/mol. The van der Waals surface area contributed by atoms with Gasteiger partial charge in [-0.15, -0.1) is 5.10 Å². The molecule has 2 rings (SSSR count). The van der Waals surface area contributed by atoms with Crippen molar-refractivity contribution in [2.75, 3.05) is 6.54 Å². The molecule has 0 spiro atoms. The zero-order chi connectivity index (χ0) is 9.97. The molecule has 1 aromatic heterocycles. The van der Waals surface area contributed by atoms with Crippen LogP contribution in [0.25, 0.3) is 0 Å². The molecule has 5 heteroatoms. The topological polar surface area (TPSA) is 42.7 Å². The minimum absolute atomic E-state index is 0.808. The summed E-state index contributed by atoms with van der Waals surface area (Å²) in [6.07, 6.45) is 4.90. The van der Waals surface area contributed by atoms with Gasteiger partial charge in [-0.2, -0.15) is 0 Å². The Kier molecular flexibility index (Phi) is 3.18. The molecule has 4 nitrogen and oxygen atoms in total. The molecule has 1 aliphatic rings. The van der Waals surface area contributed by atoms with Crippen LogP contribution in [0.15, 0.2) is 4.60 Å². The van der Waals surface area contributed by atoms with E-state index in [1.807, 2.05) is 11.7 Å². The Morgan fingerprint density at radius 3 is 2.93 bits per heavy atom. The van der Waals surface area contributed by atoms with E-state index >= 15 is 0 Å². The fraction of sp³-hybridized carbons (Fsp3) is 0.778. The van der Waals surface area contributed by atoms with Crippen molar-refractivity contribution in [3.8, 4) is 0 Å². The fourth-order valence-corrected chi connectivity index (χ4v) is 1.99. The number of nitrogens with zero attached hydrogens (tertiary/aromatic N) is 3. The molecule has 0 atom stereocenters. The lowest BCUT2D eigenvalue weighted by molar-refractivity contribution is 0.615. The van der Waals surface area contributed by atoms with Crippen LogP contribution in [0.1, 0.15) is 25.0 Å². The molecule has 1 N–H and O–H groups in total. The van der Waals surface area contributed by atoms with E-state index in [1.165, 1.54) is 18.5 Å². The standard InChI is InChI=1S/C9H15BrN4/c1-14-8(9(10)12-13-14)3-2-6-11-7-4-5-7/h7,11H,2-6H2,1H3. The number of rotatable bonds is 5. The predicted octanol–water partition coefficient (Wildman–Crippen LogP) is 1.26. The molecule has 1 heterocycles. The highest BCUT2D eigenvalue weighted by atomic mass is 79.9. The molecule has 0 radical (unpaired) electrons. The van der Waals surface area contributed by atoms with Gasteiger partial charge in [0.05, 0.1) is 5.69 Å². The van der Waals surface area contributed by atoms with E-state index in [2.05, 4.69) is 31.6 Å². The van der Waals surface area contributed by atoms with Crippen molar-refractivity contribution in [3.05, 3.63) is 10.3 Å². The van der Waals surface area contributed by atoms with Crippen molar-refractivity contribution >= 4 is 15.9 Å². The molecule has 0 saturated heterocycles. The number of hydrogen-bond donors (Lipinski definition) is 1. The maximum atomic E-state index is 3.95. The number of halogens is 1. The van der Waals surface area contributed by atoms with Crippen LogP contribution in [0.2, 0.25) is 0 Å². The minimum Gasteiger partial charge on any atom is -0.314 e. The van der Waals surface area contributed by atoms with E-state index in [-0.39, 0.29) is 0 Å². The summed E-state index contributed by atoms with van der Waals surface area (Å²) in [6, 6.07) is 0.808. The molecule has 0 unspecified atom stereocenters. The number of nitrogens with one attached hydrogen (secondary N) is 1. The first-order chi connectivity index (χ1) is 6.77. The van der Waals surface area contributed by atoms with Gasteiger partial charge in [-0.3, -0.25) is 4.68 Å². The average Bonchev–Trinajstić information content (AvgIpc) is 2.93. The smallest absolute Gasteiger partial charge is 0.151 e. The minimum atomic E-state index is 0.808. The van der Waals surface area contributed by atoms with Crippen LogP contribution in [0, 0.1) is 0 Å². The van der Waals surface area contributed by atoms with Gasteiger partial charge < -0.3 is 5.32 Å². The van der Waals surface area contributed by atoms with Crippen molar-refractivity contribution in [3.63, 3.8) is 0 Å². The third-order valence-corrected chi connectivity index (χ3v) is 3.11. The summed E-state index contributed by atoms with van der Waals surface area (Å²) in [4.78, 5) is 0. The monoisotopic (exact) mass is 258 g/mol. The summed E-state index contributed by atoms with van der Waals surface area (Å²) < 4.78 is 2.72. The maximum absolute atomic E-state index is 3.95. The van der Waals surface area contributed by atoms with Crippen LogP contribution in [0.4, 0.5) is 0 Å². The fourth-order valence-electron chi connectivity index (χ4n) is 1.47. The van der Waals surface area contributed by atoms with Crippen LogP contribution >= 0.6 is 15.9 Å². The highest BCUT2D eigenvalue weighted by Gasteiger charge is 2.19. The number of aryl methyl sites for hydroxylation is 1. The van der Waals surface area contributed by atoms with E-state index in [1.54, 1.807) is 0 Å². The van der Waals surface area contributed by atoms with Crippen molar-refractivity contribution < 1.29 is 0 Å². The summed E-state index contributed by atoms with van der Waals surface area (Å²) >= 11 is 3.40. The Bertz CT molecular complexity index is 286. The number of hydrogen-bond acceptors (Lipinski definition) is 3. The molecule has 1 aliphatic carbocycles. The summed E-state index contributed by atoms with van der Waals surface area (Å²) in [5, 5.41) is 11.4. The molecule has 0 bridgehead atoms. The molecular formula is C9H15BrN4. The van der Waals surface area contributed by atoms with Gasteiger partial charge >= 0.3 is 0 Å². The van der Waals surface area contributed by atoms with Gasteiger partial charge in [0, 0.05) is 13.1 Å². The third kappa shape index (κ3) is 2.54. The van der Waals surface area contributed by atoms with Crippen LogP contribution in [-0.2, 0) is 13.5 Å². The molecule has 78 valence electrons. The molecule has 1 fully saturated rings. The number of aromatic nitrogens is 3. The first-order valence-corrected chi connectivity index (χ1v) is 5.84. The Balaban J connectivity index is 1.73. The molecule has 0 aliphatic heterocycles. The zero-order valence-corrected chi connectivity index (χ0v) is 9.92. The van der Waals surface area contributed by atoms with Crippen LogP contribution in [-0.4, -0.2) is 27.6 Å². The van der Waals surface area contributed by atoms with Crippen molar-refractivity contribution in [1.29, 1.82) is 0 Å². The summed E-state index contributed by atoms with van der Waals surface area (Å²) in [5.74, 6) is 0. The molecule has 1 aromatic rings.